The van der Waals surface area contributed by atoms with Gasteiger partial charge in [0.15, 0.2) is 5.65 Å². The second-order valence-electron chi connectivity index (χ2n) is 7.79. The van der Waals surface area contributed by atoms with Crippen LogP contribution in [0.1, 0.15) is 44.3 Å². The van der Waals surface area contributed by atoms with Crippen molar-refractivity contribution in [1.82, 2.24) is 24.4 Å². The molecule has 1 aliphatic heterocycles. The Hall–Kier alpha value is -3.16. The maximum atomic E-state index is 13.1. The Bertz CT molecular complexity index is 1160. The Balaban J connectivity index is 1.59. The van der Waals surface area contributed by atoms with Gasteiger partial charge in [-0.2, -0.15) is 4.98 Å². The number of carbonyl (C=O) groups excluding carboxylic acids is 2. The first-order valence-corrected chi connectivity index (χ1v) is 10.6. The van der Waals surface area contributed by atoms with E-state index in [0.29, 0.717) is 31.6 Å². The van der Waals surface area contributed by atoms with Gasteiger partial charge in [0.2, 0.25) is 11.8 Å². The van der Waals surface area contributed by atoms with Gasteiger partial charge in [-0.05, 0) is 38.3 Å². The number of rotatable bonds is 7. The zero-order chi connectivity index (χ0) is 21.3. The molecule has 30 heavy (non-hydrogen) atoms. The summed E-state index contributed by atoms with van der Waals surface area (Å²) in [6.07, 6.45) is 2.88. The van der Waals surface area contributed by atoms with Gasteiger partial charge in [-0.3, -0.25) is 19.1 Å². The summed E-state index contributed by atoms with van der Waals surface area (Å²) >= 11 is 0. The summed E-state index contributed by atoms with van der Waals surface area (Å²) in [5.74, 6) is 0.126. The second-order valence-corrected chi connectivity index (χ2v) is 7.79. The van der Waals surface area contributed by atoms with Crippen molar-refractivity contribution in [2.45, 2.75) is 45.6 Å². The number of hydrogen-bond donors (Lipinski definition) is 1. The lowest BCUT2D eigenvalue weighted by atomic mass is 10.2. The summed E-state index contributed by atoms with van der Waals surface area (Å²) in [4.78, 5) is 42.9. The number of para-hydroxylation sites is 1. The van der Waals surface area contributed by atoms with Crippen molar-refractivity contribution in [2.75, 3.05) is 19.6 Å². The Morgan fingerprint density at radius 3 is 2.80 bits per heavy atom. The zero-order valence-corrected chi connectivity index (χ0v) is 17.4. The number of amides is 2. The number of aromatic nitrogens is 3. The van der Waals surface area contributed by atoms with Crippen LogP contribution in [0.2, 0.25) is 0 Å². The number of carbonyl (C=O) groups is 2. The zero-order valence-electron chi connectivity index (χ0n) is 17.4. The van der Waals surface area contributed by atoms with E-state index in [0.717, 1.165) is 36.0 Å². The van der Waals surface area contributed by atoms with Gasteiger partial charge < -0.3 is 10.2 Å². The van der Waals surface area contributed by atoms with Crippen LogP contribution in [0.5, 0.6) is 0 Å². The molecule has 1 fully saturated rings. The molecule has 1 atom stereocenters. The topological polar surface area (TPSA) is 88.7 Å². The van der Waals surface area contributed by atoms with Crippen molar-refractivity contribution in [3.05, 3.63) is 46.4 Å². The number of benzene rings is 1. The average Bonchev–Trinajstić information content (AvgIpc) is 3.28. The van der Waals surface area contributed by atoms with Crippen molar-refractivity contribution in [1.29, 1.82) is 0 Å². The molecule has 0 spiro atoms. The Morgan fingerprint density at radius 1 is 1.27 bits per heavy atom. The fourth-order valence-electron chi connectivity index (χ4n) is 4.32. The normalized spacial score (nSPS) is 15.3. The average molecular weight is 409 g/mol. The Labute approximate surface area is 174 Å². The summed E-state index contributed by atoms with van der Waals surface area (Å²) in [6.45, 7) is 5.83. The number of hydrogen-bond acceptors (Lipinski definition) is 4. The highest BCUT2D eigenvalue weighted by molar-refractivity contribution is 5.94. The van der Waals surface area contributed by atoms with E-state index in [1.165, 1.54) is 6.07 Å². The highest BCUT2D eigenvalue weighted by Crippen LogP contribution is 2.26. The molecule has 0 unspecified atom stereocenters. The molecule has 8 nitrogen and oxygen atoms in total. The molecule has 0 aliphatic carbocycles. The molecule has 158 valence electrons. The monoisotopic (exact) mass is 409 g/mol. The molecule has 1 N–H and O–H groups in total. The predicted octanol–water partition coefficient (Wildman–Crippen LogP) is 2.04. The second kappa shape index (κ2) is 8.30. The third-order valence-electron chi connectivity index (χ3n) is 5.75. The van der Waals surface area contributed by atoms with Gasteiger partial charge in [0.1, 0.15) is 6.04 Å². The molecule has 8 heteroatoms. The first-order valence-electron chi connectivity index (χ1n) is 10.6. The number of nitrogens with one attached hydrogen (secondary N) is 1. The number of aryl methyl sites for hydroxylation is 1. The summed E-state index contributed by atoms with van der Waals surface area (Å²) in [7, 11) is 0. The van der Waals surface area contributed by atoms with Crippen LogP contribution in [-0.2, 0) is 9.59 Å². The molecule has 3 heterocycles. The standard InChI is InChI=1S/C22H27N5O3/c1-3-17(22(30)23-11-7-13-25-12-6-10-20(25)29)27-18-9-5-4-8-16(18)21-24-19(28)14-15(2)26(21)27/h4-5,8-9,14,17H,3,6-7,10-13H2,1-2H3,(H,23,30)/t17-/m1/s1. The third kappa shape index (κ3) is 3.58. The fraction of sp³-hybridized carbons (Fsp3) is 0.455. The van der Waals surface area contributed by atoms with Crippen LogP contribution in [0.15, 0.2) is 35.1 Å². The van der Waals surface area contributed by atoms with Crippen LogP contribution in [0, 0.1) is 6.92 Å². The molecule has 0 bridgehead atoms. The van der Waals surface area contributed by atoms with Crippen LogP contribution >= 0.6 is 0 Å². The molecule has 2 aromatic heterocycles. The smallest absolute Gasteiger partial charge is 0.273 e. The molecular formula is C22H27N5O3. The van der Waals surface area contributed by atoms with Gasteiger partial charge >= 0.3 is 0 Å². The molecule has 0 saturated carbocycles. The maximum Gasteiger partial charge on any atom is 0.273 e. The first-order chi connectivity index (χ1) is 14.5. The van der Waals surface area contributed by atoms with Crippen LogP contribution in [0.4, 0.5) is 0 Å². The van der Waals surface area contributed by atoms with Crippen molar-refractivity contribution in [3.63, 3.8) is 0 Å². The summed E-state index contributed by atoms with van der Waals surface area (Å²) in [5.41, 5.74) is 1.88. The molecule has 1 aromatic carbocycles. The lowest BCUT2D eigenvalue weighted by Crippen LogP contribution is -2.36. The minimum atomic E-state index is -0.441. The van der Waals surface area contributed by atoms with Crippen molar-refractivity contribution in [3.8, 4) is 0 Å². The maximum absolute atomic E-state index is 13.1. The van der Waals surface area contributed by atoms with Gasteiger partial charge in [0.05, 0.1) is 5.52 Å². The van der Waals surface area contributed by atoms with Crippen molar-refractivity contribution in [2.24, 2.45) is 0 Å². The van der Waals surface area contributed by atoms with E-state index in [9.17, 15) is 14.4 Å². The van der Waals surface area contributed by atoms with Crippen LogP contribution in [0.25, 0.3) is 16.6 Å². The van der Waals surface area contributed by atoms with Crippen LogP contribution in [-0.4, -0.2) is 50.5 Å². The molecule has 2 amide bonds. The van der Waals surface area contributed by atoms with Gasteiger partial charge in [-0.1, -0.05) is 19.1 Å². The lowest BCUT2D eigenvalue weighted by Gasteiger charge is -2.21. The van der Waals surface area contributed by atoms with Crippen LogP contribution < -0.4 is 10.9 Å². The molecular weight excluding hydrogens is 382 g/mol. The van der Waals surface area contributed by atoms with E-state index in [2.05, 4.69) is 10.3 Å². The molecule has 0 radical (unpaired) electrons. The molecule has 1 saturated heterocycles. The quantitative estimate of drug-likeness (QED) is 0.605. The fourth-order valence-corrected chi connectivity index (χ4v) is 4.32. The summed E-state index contributed by atoms with van der Waals surface area (Å²) < 4.78 is 3.80. The largest absolute Gasteiger partial charge is 0.354 e. The Morgan fingerprint density at radius 2 is 2.07 bits per heavy atom. The minimum absolute atomic E-state index is 0.0778. The number of nitrogens with zero attached hydrogens (tertiary/aromatic N) is 4. The summed E-state index contributed by atoms with van der Waals surface area (Å²) in [5, 5.41) is 3.87. The third-order valence-corrected chi connectivity index (χ3v) is 5.75. The minimum Gasteiger partial charge on any atom is -0.354 e. The van der Waals surface area contributed by atoms with E-state index in [1.54, 1.807) is 0 Å². The predicted molar refractivity (Wildman–Crippen MR) is 114 cm³/mol. The van der Waals surface area contributed by atoms with Gasteiger partial charge in [0.25, 0.3) is 5.56 Å². The SMILES string of the molecule is CC[C@H](C(=O)NCCCN1CCCC1=O)n1c2ccccc2c2nc(=O)cc(C)n21. The van der Waals surface area contributed by atoms with E-state index in [1.807, 2.05) is 52.2 Å². The number of fused-ring (bicyclic) bond motifs is 3. The summed E-state index contributed by atoms with van der Waals surface area (Å²) in [6, 6.07) is 8.74. The first kappa shape index (κ1) is 20.1. The van der Waals surface area contributed by atoms with Gasteiger partial charge in [0, 0.05) is 43.2 Å². The molecule has 4 rings (SSSR count). The van der Waals surface area contributed by atoms with E-state index in [-0.39, 0.29) is 17.4 Å². The van der Waals surface area contributed by atoms with Crippen molar-refractivity contribution < 1.29 is 9.59 Å². The van der Waals surface area contributed by atoms with E-state index < -0.39 is 6.04 Å². The van der Waals surface area contributed by atoms with Gasteiger partial charge in [-0.15, -0.1) is 0 Å². The number of likely N-dealkylation sites (tertiary alicyclic amines) is 1. The Kier molecular flexibility index (Phi) is 5.57. The van der Waals surface area contributed by atoms with Gasteiger partial charge in [-0.25, -0.2) is 4.52 Å². The lowest BCUT2D eigenvalue weighted by molar-refractivity contribution is -0.127. The van der Waals surface area contributed by atoms with Crippen molar-refractivity contribution >= 4 is 28.4 Å². The molecule has 1 aliphatic rings. The van der Waals surface area contributed by atoms with E-state index in [4.69, 9.17) is 0 Å². The van der Waals surface area contributed by atoms with Crippen LogP contribution in [0.3, 0.4) is 0 Å². The molecule has 3 aromatic rings. The van der Waals surface area contributed by atoms with E-state index >= 15 is 0 Å². The highest BCUT2D eigenvalue weighted by Gasteiger charge is 2.25. The highest BCUT2D eigenvalue weighted by atomic mass is 16.2.